The lowest BCUT2D eigenvalue weighted by atomic mass is 10.1. The van der Waals surface area contributed by atoms with Crippen molar-refractivity contribution in [3.63, 3.8) is 0 Å². The molecular weight excluding hydrogens is 477 g/mol. The van der Waals surface area contributed by atoms with Gasteiger partial charge in [0.15, 0.2) is 6.08 Å². The van der Waals surface area contributed by atoms with E-state index < -0.39 is 0 Å². The van der Waals surface area contributed by atoms with Crippen LogP contribution in [0.25, 0.3) is 28.2 Å². The summed E-state index contributed by atoms with van der Waals surface area (Å²) >= 11 is 16.5. The van der Waals surface area contributed by atoms with Crippen LogP contribution in [0.4, 0.5) is 0 Å². The topological polar surface area (TPSA) is 67.3 Å². The molecule has 2 aromatic carbocycles. The van der Waals surface area contributed by atoms with E-state index in [2.05, 4.69) is 67.4 Å². The molecule has 3 aromatic heterocycles. The van der Waals surface area contributed by atoms with Crippen molar-refractivity contribution in [2.75, 3.05) is 0 Å². The Labute approximate surface area is 206 Å². The van der Waals surface area contributed by atoms with Gasteiger partial charge in [0, 0.05) is 41.1 Å². The van der Waals surface area contributed by atoms with Crippen LogP contribution >= 0.6 is 34.8 Å². The molecule has 33 heavy (non-hydrogen) atoms. The second-order valence-electron chi connectivity index (χ2n) is 6.83. The quantitative estimate of drug-likeness (QED) is 0.153. The zero-order valence-corrected chi connectivity index (χ0v) is 19.5. The van der Waals surface area contributed by atoms with E-state index in [1.165, 1.54) is 17.3 Å². The molecule has 3 heterocycles. The van der Waals surface area contributed by atoms with Gasteiger partial charge in [0.25, 0.3) is 0 Å². The molecule has 162 valence electrons. The Kier molecular flexibility index (Phi) is 7.61. The van der Waals surface area contributed by atoms with Crippen LogP contribution in [0.5, 0.6) is 0 Å². The van der Waals surface area contributed by atoms with Gasteiger partial charge in [-0.25, -0.2) is 19.9 Å². The fourth-order valence-corrected chi connectivity index (χ4v) is 3.66. The van der Waals surface area contributed by atoms with E-state index in [0.717, 1.165) is 28.6 Å². The SMILES string of the molecule is Clc1ccnc(Cl)n1.Clc1nccc(-c2c[nH]c3ccccc23)n1.[C+]1=Cc2ccccc2C1. The van der Waals surface area contributed by atoms with E-state index in [9.17, 15) is 0 Å². The zero-order chi connectivity index (χ0) is 23.0. The van der Waals surface area contributed by atoms with Crippen LogP contribution in [0.1, 0.15) is 11.1 Å². The van der Waals surface area contributed by atoms with Crippen molar-refractivity contribution in [1.29, 1.82) is 0 Å². The van der Waals surface area contributed by atoms with Crippen LogP contribution in [0.3, 0.4) is 0 Å². The summed E-state index contributed by atoms with van der Waals surface area (Å²) in [6.45, 7) is 0. The number of hydrogen-bond donors (Lipinski definition) is 1. The maximum Gasteiger partial charge on any atom is 0.223 e. The first-order valence-corrected chi connectivity index (χ1v) is 11.1. The van der Waals surface area contributed by atoms with Gasteiger partial charge in [-0.05, 0) is 53.5 Å². The predicted molar refractivity (Wildman–Crippen MR) is 134 cm³/mol. The number of nitrogens with one attached hydrogen (secondary N) is 1. The predicted octanol–water partition coefficient (Wildman–Crippen LogP) is 7.12. The normalized spacial score (nSPS) is 11.0. The number of aromatic nitrogens is 5. The van der Waals surface area contributed by atoms with Crippen LogP contribution < -0.4 is 0 Å². The first-order valence-electron chi connectivity index (χ1n) is 9.94. The van der Waals surface area contributed by atoms with E-state index in [-0.39, 0.29) is 10.6 Å². The molecule has 0 spiro atoms. The molecule has 6 rings (SSSR count). The molecule has 0 aliphatic heterocycles. The average molecular weight is 494 g/mol. The van der Waals surface area contributed by atoms with Crippen LogP contribution in [-0.4, -0.2) is 24.9 Å². The maximum atomic E-state index is 5.78. The largest absolute Gasteiger partial charge is 0.360 e. The molecule has 0 saturated heterocycles. The Bertz CT molecular complexity index is 1380. The van der Waals surface area contributed by atoms with Crippen LogP contribution in [0.15, 0.2) is 79.3 Å². The Hall–Kier alpha value is -3.34. The van der Waals surface area contributed by atoms with Crippen molar-refractivity contribution in [2.24, 2.45) is 0 Å². The summed E-state index contributed by atoms with van der Waals surface area (Å²) in [6.07, 6.45) is 11.3. The molecule has 1 aliphatic carbocycles. The molecule has 0 radical (unpaired) electrons. The second-order valence-corrected chi connectivity index (χ2v) is 7.89. The Morgan fingerprint density at radius 3 is 2.24 bits per heavy atom. The number of fused-ring (bicyclic) bond motifs is 2. The van der Waals surface area contributed by atoms with Gasteiger partial charge in [-0.15, -0.1) is 0 Å². The molecule has 1 N–H and O–H groups in total. The molecule has 0 saturated carbocycles. The Morgan fingerprint density at radius 2 is 1.52 bits per heavy atom. The summed E-state index contributed by atoms with van der Waals surface area (Å²) in [5.74, 6) is 0. The Morgan fingerprint density at radius 1 is 0.788 bits per heavy atom. The van der Waals surface area contributed by atoms with Crippen molar-refractivity contribution in [3.8, 4) is 11.3 Å². The number of para-hydroxylation sites is 1. The average Bonchev–Trinajstić information content (AvgIpc) is 3.47. The Balaban J connectivity index is 0.000000129. The molecule has 0 fully saturated rings. The minimum Gasteiger partial charge on any atom is -0.360 e. The van der Waals surface area contributed by atoms with Gasteiger partial charge in [-0.2, -0.15) is 0 Å². The van der Waals surface area contributed by atoms with E-state index in [4.69, 9.17) is 34.8 Å². The van der Waals surface area contributed by atoms with Gasteiger partial charge < -0.3 is 4.98 Å². The van der Waals surface area contributed by atoms with Gasteiger partial charge in [-0.3, -0.25) is 0 Å². The van der Waals surface area contributed by atoms with E-state index in [0.29, 0.717) is 5.15 Å². The summed E-state index contributed by atoms with van der Waals surface area (Å²) in [5, 5.41) is 1.95. The fourth-order valence-electron chi connectivity index (χ4n) is 3.19. The smallest absolute Gasteiger partial charge is 0.223 e. The zero-order valence-electron chi connectivity index (χ0n) is 17.2. The van der Waals surface area contributed by atoms with Crippen molar-refractivity contribution in [1.82, 2.24) is 24.9 Å². The van der Waals surface area contributed by atoms with Gasteiger partial charge in [0.05, 0.1) is 17.3 Å². The third-order valence-corrected chi connectivity index (χ3v) is 5.26. The molecule has 5 aromatic rings. The highest BCUT2D eigenvalue weighted by atomic mass is 35.5. The fraction of sp³-hybridized carbons (Fsp3) is 0.0400. The molecule has 0 amide bonds. The standard InChI is InChI=1S/C12H8ClN3.C9H7.C4H2Cl2N2/c13-12-14-6-5-11(16-12)9-7-15-10-4-2-1-3-8(9)10;1-2-5-9-7-3-6-8(9)4-1;5-3-1-2-7-4(6)8-3/h1-7,15H;1-2,4-6H,7H2;1-2H/q;+1;. The second kappa shape index (κ2) is 11.0. The highest BCUT2D eigenvalue weighted by molar-refractivity contribution is 6.31. The van der Waals surface area contributed by atoms with Gasteiger partial charge >= 0.3 is 0 Å². The van der Waals surface area contributed by atoms with Crippen LogP contribution in [-0.2, 0) is 6.42 Å². The number of hydrogen-bond acceptors (Lipinski definition) is 4. The van der Waals surface area contributed by atoms with Gasteiger partial charge in [0.2, 0.25) is 10.6 Å². The first kappa shape index (κ1) is 22.8. The van der Waals surface area contributed by atoms with E-state index in [1.54, 1.807) is 12.3 Å². The number of halogens is 3. The summed E-state index contributed by atoms with van der Waals surface area (Å²) in [7, 11) is 0. The van der Waals surface area contributed by atoms with Crippen molar-refractivity contribution >= 4 is 51.8 Å². The summed E-state index contributed by atoms with van der Waals surface area (Å²) < 4.78 is 0. The minimum absolute atomic E-state index is 0.178. The van der Waals surface area contributed by atoms with Gasteiger partial charge in [0.1, 0.15) is 17.1 Å². The summed E-state index contributed by atoms with van der Waals surface area (Å²) in [4.78, 5) is 18.5. The molecule has 8 heteroatoms. The van der Waals surface area contributed by atoms with Crippen LogP contribution in [0, 0.1) is 6.08 Å². The number of benzene rings is 2. The van der Waals surface area contributed by atoms with Crippen LogP contribution in [0.2, 0.25) is 15.7 Å². The lowest BCUT2D eigenvalue weighted by Crippen LogP contribution is -1.84. The monoisotopic (exact) mass is 492 g/mol. The highest BCUT2D eigenvalue weighted by Gasteiger charge is 2.13. The van der Waals surface area contributed by atoms with E-state index in [1.807, 2.05) is 30.5 Å². The molecule has 0 unspecified atom stereocenters. The maximum absolute atomic E-state index is 5.78. The minimum atomic E-state index is 0.178. The number of H-pyrrole nitrogens is 1. The molecule has 1 aliphatic rings. The number of aromatic amines is 1. The highest BCUT2D eigenvalue weighted by Crippen LogP contribution is 2.27. The lowest BCUT2D eigenvalue weighted by molar-refractivity contribution is 1.17. The third kappa shape index (κ3) is 6.13. The third-order valence-electron chi connectivity index (χ3n) is 4.69. The first-order chi connectivity index (χ1) is 16.1. The summed E-state index contributed by atoms with van der Waals surface area (Å²) in [5.41, 5.74) is 5.69. The van der Waals surface area contributed by atoms with Crippen molar-refractivity contribution in [2.45, 2.75) is 6.42 Å². The molecule has 0 atom stereocenters. The van der Waals surface area contributed by atoms with Crippen molar-refractivity contribution < 1.29 is 0 Å². The van der Waals surface area contributed by atoms with Gasteiger partial charge in [-0.1, -0.05) is 35.9 Å². The molecular formula is C25H17Cl3N5+. The molecule has 5 nitrogen and oxygen atoms in total. The van der Waals surface area contributed by atoms with E-state index >= 15 is 0 Å². The number of nitrogens with zero attached hydrogens (tertiary/aromatic N) is 4. The lowest BCUT2D eigenvalue weighted by Gasteiger charge is -1.98. The number of allylic oxidation sites excluding steroid dienone is 1. The number of rotatable bonds is 1. The molecule has 0 bridgehead atoms. The summed E-state index contributed by atoms with van der Waals surface area (Å²) in [6, 6.07) is 19.9. The van der Waals surface area contributed by atoms with Crippen molar-refractivity contribution in [3.05, 3.63) is 112 Å².